The van der Waals surface area contributed by atoms with Crippen LogP contribution in [0.15, 0.2) is 35.3 Å². The van der Waals surface area contributed by atoms with E-state index in [2.05, 4.69) is 5.10 Å². The highest BCUT2D eigenvalue weighted by Crippen LogP contribution is 2.10. The van der Waals surface area contributed by atoms with Crippen LogP contribution in [0.2, 0.25) is 0 Å². The Bertz CT molecular complexity index is 687. The number of amides is 1. The van der Waals surface area contributed by atoms with Crippen LogP contribution in [0.4, 0.5) is 0 Å². The fourth-order valence-corrected chi connectivity index (χ4v) is 2.61. The van der Waals surface area contributed by atoms with Crippen LogP contribution in [0.25, 0.3) is 10.8 Å². The summed E-state index contributed by atoms with van der Waals surface area (Å²) in [5.74, 6) is -0.0189. The number of fused-ring (bicyclic) bond motifs is 1. The number of hydrogen-bond donors (Lipinski definition) is 0. The second kappa shape index (κ2) is 5.45. The summed E-state index contributed by atoms with van der Waals surface area (Å²) in [6.45, 7) is 1.62. The lowest BCUT2D eigenvalue weighted by molar-refractivity contribution is -0.133. The number of carbonyl (C=O) groups is 1. The van der Waals surface area contributed by atoms with E-state index in [1.165, 1.54) is 11.1 Å². The van der Waals surface area contributed by atoms with Crippen molar-refractivity contribution < 1.29 is 4.79 Å². The Kier molecular flexibility index (Phi) is 3.50. The minimum absolute atomic E-state index is 0.0189. The van der Waals surface area contributed by atoms with Crippen molar-refractivity contribution in [3.05, 3.63) is 40.8 Å². The fraction of sp³-hybridized carbons (Fsp3) is 0.400. The SMILES string of the molecule is O=C(Cn1ncc2ccccc2c1=O)N1CCCCC1. The number of aromatic nitrogens is 2. The van der Waals surface area contributed by atoms with Gasteiger partial charge in [-0.2, -0.15) is 5.10 Å². The van der Waals surface area contributed by atoms with Gasteiger partial charge in [-0.05, 0) is 25.3 Å². The molecule has 0 bridgehead atoms. The predicted molar refractivity (Wildman–Crippen MR) is 76.4 cm³/mol. The van der Waals surface area contributed by atoms with Crippen LogP contribution in [0.1, 0.15) is 19.3 Å². The summed E-state index contributed by atoms with van der Waals surface area (Å²) in [5.41, 5.74) is -0.201. The zero-order valence-electron chi connectivity index (χ0n) is 11.3. The lowest BCUT2D eigenvalue weighted by Gasteiger charge is -2.26. The normalized spacial score (nSPS) is 15.5. The van der Waals surface area contributed by atoms with Crippen molar-refractivity contribution >= 4 is 16.7 Å². The average molecular weight is 271 g/mol. The van der Waals surface area contributed by atoms with E-state index in [1.807, 2.05) is 23.1 Å². The van der Waals surface area contributed by atoms with Crippen LogP contribution in [0.5, 0.6) is 0 Å². The molecule has 1 aliphatic heterocycles. The summed E-state index contributed by atoms with van der Waals surface area (Å²) < 4.78 is 1.26. The molecule has 2 aromatic rings. The standard InChI is InChI=1S/C15H17N3O2/c19-14(17-8-4-1-5-9-17)11-18-15(20)13-7-3-2-6-12(13)10-16-18/h2-3,6-7,10H,1,4-5,8-9,11H2. The Balaban J connectivity index is 1.85. The first-order valence-electron chi connectivity index (χ1n) is 6.98. The molecule has 0 N–H and O–H groups in total. The van der Waals surface area contributed by atoms with Crippen molar-refractivity contribution in [2.75, 3.05) is 13.1 Å². The molecule has 0 radical (unpaired) electrons. The highest BCUT2D eigenvalue weighted by molar-refractivity contribution is 5.81. The van der Waals surface area contributed by atoms with Gasteiger partial charge in [-0.3, -0.25) is 9.59 Å². The Morgan fingerprint density at radius 3 is 2.70 bits per heavy atom. The number of rotatable bonds is 2. The first kappa shape index (κ1) is 12.8. The third kappa shape index (κ3) is 2.43. The maximum atomic E-state index is 12.3. The minimum atomic E-state index is -0.201. The highest BCUT2D eigenvalue weighted by atomic mass is 16.2. The van der Waals surface area contributed by atoms with E-state index in [-0.39, 0.29) is 18.0 Å². The first-order chi connectivity index (χ1) is 9.75. The van der Waals surface area contributed by atoms with Gasteiger partial charge < -0.3 is 4.90 Å². The molecule has 1 aromatic carbocycles. The van der Waals surface area contributed by atoms with Crippen LogP contribution in [-0.4, -0.2) is 33.7 Å². The van der Waals surface area contributed by atoms with Crippen molar-refractivity contribution in [2.45, 2.75) is 25.8 Å². The Morgan fingerprint density at radius 2 is 1.90 bits per heavy atom. The van der Waals surface area contributed by atoms with Gasteiger partial charge in [0.25, 0.3) is 5.56 Å². The number of benzene rings is 1. The molecule has 0 aliphatic carbocycles. The molecule has 1 aliphatic rings. The molecule has 5 nitrogen and oxygen atoms in total. The van der Waals surface area contributed by atoms with Crippen LogP contribution >= 0.6 is 0 Å². The molecule has 0 spiro atoms. The van der Waals surface area contributed by atoms with E-state index in [0.717, 1.165) is 31.3 Å². The maximum Gasteiger partial charge on any atom is 0.275 e. The molecule has 1 amide bonds. The molecule has 1 aromatic heterocycles. The Hall–Kier alpha value is -2.17. The Labute approximate surface area is 116 Å². The summed E-state index contributed by atoms with van der Waals surface area (Å²) in [7, 11) is 0. The highest BCUT2D eigenvalue weighted by Gasteiger charge is 2.17. The predicted octanol–water partition coefficient (Wildman–Crippen LogP) is 1.41. The number of hydrogen-bond acceptors (Lipinski definition) is 3. The fourth-order valence-electron chi connectivity index (χ4n) is 2.61. The van der Waals surface area contributed by atoms with Crippen LogP contribution in [0, 0.1) is 0 Å². The van der Waals surface area contributed by atoms with E-state index >= 15 is 0 Å². The number of nitrogens with zero attached hydrogens (tertiary/aromatic N) is 3. The van der Waals surface area contributed by atoms with Gasteiger partial charge in [-0.25, -0.2) is 4.68 Å². The van der Waals surface area contributed by atoms with Crippen molar-refractivity contribution in [1.82, 2.24) is 14.7 Å². The molecule has 5 heteroatoms. The zero-order chi connectivity index (χ0) is 13.9. The van der Waals surface area contributed by atoms with Crippen LogP contribution in [0.3, 0.4) is 0 Å². The van der Waals surface area contributed by atoms with Crippen molar-refractivity contribution in [2.24, 2.45) is 0 Å². The van der Waals surface area contributed by atoms with Crippen molar-refractivity contribution in [3.8, 4) is 0 Å². The molecule has 0 unspecified atom stereocenters. The van der Waals surface area contributed by atoms with Gasteiger partial charge in [0.15, 0.2) is 0 Å². The second-order valence-corrected chi connectivity index (χ2v) is 5.14. The molecule has 104 valence electrons. The molecule has 0 saturated carbocycles. The second-order valence-electron chi connectivity index (χ2n) is 5.14. The van der Waals surface area contributed by atoms with E-state index in [0.29, 0.717) is 5.39 Å². The van der Waals surface area contributed by atoms with Crippen molar-refractivity contribution in [3.63, 3.8) is 0 Å². The molecule has 0 atom stereocenters. The monoisotopic (exact) mass is 271 g/mol. The molecule has 1 saturated heterocycles. The molecule has 1 fully saturated rings. The first-order valence-corrected chi connectivity index (χ1v) is 6.98. The lowest BCUT2D eigenvalue weighted by Crippen LogP contribution is -2.40. The summed E-state index contributed by atoms with van der Waals surface area (Å²) in [4.78, 5) is 26.3. The van der Waals surface area contributed by atoms with Gasteiger partial charge in [0, 0.05) is 18.5 Å². The van der Waals surface area contributed by atoms with Crippen LogP contribution < -0.4 is 5.56 Å². The molecule has 3 rings (SSSR count). The van der Waals surface area contributed by atoms with E-state index in [1.54, 1.807) is 12.3 Å². The van der Waals surface area contributed by atoms with Gasteiger partial charge >= 0.3 is 0 Å². The zero-order valence-corrected chi connectivity index (χ0v) is 11.3. The minimum Gasteiger partial charge on any atom is -0.341 e. The molecular weight excluding hydrogens is 254 g/mol. The largest absolute Gasteiger partial charge is 0.341 e. The van der Waals surface area contributed by atoms with E-state index < -0.39 is 0 Å². The van der Waals surface area contributed by atoms with Crippen molar-refractivity contribution in [1.29, 1.82) is 0 Å². The topological polar surface area (TPSA) is 55.2 Å². The van der Waals surface area contributed by atoms with E-state index in [4.69, 9.17) is 0 Å². The summed E-state index contributed by atoms with van der Waals surface area (Å²) in [6, 6.07) is 7.30. The lowest BCUT2D eigenvalue weighted by atomic mass is 10.1. The van der Waals surface area contributed by atoms with Gasteiger partial charge in [0.1, 0.15) is 6.54 Å². The van der Waals surface area contributed by atoms with Gasteiger partial charge in [-0.1, -0.05) is 18.2 Å². The molecule has 20 heavy (non-hydrogen) atoms. The van der Waals surface area contributed by atoms with E-state index in [9.17, 15) is 9.59 Å². The number of piperidine rings is 1. The van der Waals surface area contributed by atoms with Gasteiger partial charge in [-0.15, -0.1) is 0 Å². The summed E-state index contributed by atoms with van der Waals surface area (Å²) >= 11 is 0. The van der Waals surface area contributed by atoms with Crippen LogP contribution in [-0.2, 0) is 11.3 Å². The maximum absolute atomic E-state index is 12.3. The number of likely N-dealkylation sites (tertiary alicyclic amines) is 1. The molecular formula is C15H17N3O2. The van der Waals surface area contributed by atoms with Gasteiger partial charge in [0.2, 0.25) is 5.91 Å². The average Bonchev–Trinajstić information content (AvgIpc) is 2.51. The third-order valence-corrected chi connectivity index (χ3v) is 3.76. The molecule has 2 heterocycles. The third-order valence-electron chi connectivity index (χ3n) is 3.76. The smallest absolute Gasteiger partial charge is 0.275 e. The summed E-state index contributed by atoms with van der Waals surface area (Å²) in [5, 5.41) is 5.51. The number of carbonyl (C=O) groups excluding carboxylic acids is 1. The summed E-state index contributed by atoms with van der Waals surface area (Å²) in [6.07, 6.45) is 4.91. The quantitative estimate of drug-likeness (QED) is 0.830. The van der Waals surface area contributed by atoms with Gasteiger partial charge in [0.05, 0.1) is 11.6 Å². The Morgan fingerprint density at radius 1 is 1.15 bits per heavy atom.